The maximum Gasteiger partial charge on any atom is 0.252 e. The van der Waals surface area contributed by atoms with E-state index in [9.17, 15) is 4.79 Å². The zero-order chi connectivity index (χ0) is 23.1. The highest BCUT2D eigenvalue weighted by atomic mass is 35.5. The van der Waals surface area contributed by atoms with Gasteiger partial charge in [-0.15, -0.1) is 0 Å². The average Bonchev–Trinajstić information content (AvgIpc) is 3.63. The molecule has 2 aliphatic rings. The fourth-order valence-corrected chi connectivity index (χ4v) is 4.55. The predicted molar refractivity (Wildman–Crippen MR) is 133 cm³/mol. The van der Waals surface area contributed by atoms with Gasteiger partial charge in [0.25, 0.3) is 5.56 Å². The van der Waals surface area contributed by atoms with Gasteiger partial charge in [-0.1, -0.05) is 11.6 Å². The number of pyridine rings is 1. The quantitative estimate of drug-likeness (QED) is 0.513. The van der Waals surface area contributed by atoms with Crippen LogP contribution in [0.5, 0.6) is 0 Å². The monoisotopic (exact) mass is 468 g/mol. The molecular weight excluding hydrogens is 440 g/mol. The Bertz CT molecular complexity index is 1240. The van der Waals surface area contributed by atoms with Gasteiger partial charge in [0.05, 0.1) is 24.4 Å². The van der Waals surface area contributed by atoms with E-state index in [-0.39, 0.29) is 11.6 Å². The van der Waals surface area contributed by atoms with E-state index in [4.69, 9.17) is 16.3 Å². The number of rotatable bonds is 8. The number of methoxy groups -OCH3 is 1. The standard InChI is InChI=1S/C24H29ClN6O2/c1-14(15-4-5-15)27-20-11-22(32)30(2)21-7-6-16(10-18(20)21)28-23-19(25)12-26-24(29-23)31-9-8-17(31)13-33-3/h6-7,10-12,14-15,17,27H,4-5,8-9,13H2,1-3H3,(H,26,28,29). The molecule has 9 heteroatoms. The van der Waals surface area contributed by atoms with Crippen molar-refractivity contribution in [3.05, 3.63) is 45.8 Å². The third-order valence-electron chi connectivity index (χ3n) is 6.71. The highest BCUT2D eigenvalue weighted by Gasteiger charge is 2.30. The minimum absolute atomic E-state index is 0.0302. The van der Waals surface area contributed by atoms with E-state index in [2.05, 4.69) is 32.4 Å². The molecule has 2 unspecified atom stereocenters. The number of aromatic nitrogens is 3. The van der Waals surface area contributed by atoms with Crippen molar-refractivity contribution in [3.8, 4) is 0 Å². The first-order valence-electron chi connectivity index (χ1n) is 11.4. The molecule has 3 heterocycles. The van der Waals surface area contributed by atoms with Gasteiger partial charge >= 0.3 is 0 Å². The Balaban J connectivity index is 1.46. The SMILES string of the molecule is COCC1CCN1c1ncc(Cl)c(Nc2ccc3c(c2)c(NC(C)C2CC2)cc(=O)n3C)n1. The molecular formula is C24H29ClN6O2. The largest absolute Gasteiger partial charge is 0.383 e. The Morgan fingerprint density at radius 2 is 2.09 bits per heavy atom. The van der Waals surface area contributed by atoms with Crippen molar-refractivity contribution in [2.24, 2.45) is 13.0 Å². The smallest absolute Gasteiger partial charge is 0.252 e. The molecule has 1 aliphatic carbocycles. The second-order valence-corrected chi connectivity index (χ2v) is 9.45. The molecule has 2 aromatic heterocycles. The Hall–Kier alpha value is -2.84. The maximum absolute atomic E-state index is 12.5. The molecule has 1 saturated heterocycles. The lowest BCUT2D eigenvalue weighted by Crippen LogP contribution is -2.51. The number of ether oxygens (including phenoxy) is 1. The van der Waals surface area contributed by atoms with Gasteiger partial charge in [-0.3, -0.25) is 4.79 Å². The van der Waals surface area contributed by atoms with Crippen molar-refractivity contribution in [2.75, 3.05) is 35.8 Å². The number of nitrogens with one attached hydrogen (secondary N) is 2. The van der Waals surface area contributed by atoms with Gasteiger partial charge in [0.2, 0.25) is 5.95 Å². The van der Waals surface area contributed by atoms with Crippen LogP contribution in [0.4, 0.5) is 23.1 Å². The fourth-order valence-electron chi connectivity index (χ4n) is 4.41. The number of hydrogen-bond donors (Lipinski definition) is 2. The number of benzene rings is 1. The normalized spacial score (nSPS) is 18.8. The highest BCUT2D eigenvalue weighted by molar-refractivity contribution is 6.32. The molecule has 1 saturated carbocycles. The highest BCUT2D eigenvalue weighted by Crippen LogP contribution is 2.36. The second kappa shape index (κ2) is 8.83. The molecule has 5 rings (SSSR count). The summed E-state index contributed by atoms with van der Waals surface area (Å²) in [7, 11) is 3.50. The van der Waals surface area contributed by atoms with Crippen molar-refractivity contribution in [1.82, 2.24) is 14.5 Å². The molecule has 0 radical (unpaired) electrons. The predicted octanol–water partition coefficient (Wildman–Crippen LogP) is 4.16. The number of hydrogen-bond acceptors (Lipinski definition) is 7. The summed E-state index contributed by atoms with van der Waals surface area (Å²) in [4.78, 5) is 23.7. The van der Waals surface area contributed by atoms with Gasteiger partial charge in [0.1, 0.15) is 5.02 Å². The number of aryl methyl sites for hydroxylation is 1. The van der Waals surface area contributed by atoms with Crippen LogP contribution >= 0.6 is 11.6 Å². The first-order valence-corrected chi connectivity index (χ1v) is 11.8. The number of anilines is 4. The molecule has 0 bridgehead atoms. The maximum atomic E-state index is 12.5. The summed E-state index contributed by atoms with van der Waals surface area (Å²) in [5.74, 6) is 1.86. The summed E-state index contributed by atoms with van der Waals surface area (Å²) < 4.78 is 6.96. The van der Waals surface area contributed by atoms with Gasteiger partial charge < -0.3 is 24.8 Å². The van der Waals surface area contributed by atoms with Crippen LogP contribution in [0, 0.1) is 5.92 Å². The van der Waals surface area contributed by atoms with E-state index in [1.807, 2.05) is 18.2 Å². The van der Waals surface area contributed by atoms with Crippen LogP contribution in [0.1, 0.15) is 26.2 Å². The third kappa shape index (κ3) is 4.37. The van der Waals surface area contributed by atoms with E-state index < -0.39 is 0 Å². The minimum atomic E-state index is -0.0302. The summed E-state index contributed by atoms with van der Waals surface area (Å²) in [6, 6.07) is 8.21. The van der Waals surface area contributed by atoms with Gasteiger partial charge in [0.15, 0.2) is 5.82 Å². The Morgan fingerprint density at radius 3 is 2.79 bits per heavy atom. The van der Waals surface area contributed by atoms with Crippen LogP contribution in [-0.2, 0) is 11.8 Å². The molecule has 3 aromatic rings. The zero-order valence-electron chi connectivity index (χ0n) is 19.1. The van der Waals surface area contributed by atoms with Crippen molar-refractivity contribution >= 4 is 45.6 Å². The summed E-state index contributed by atoms with van der Waals surface area (Å²) in [6.45, 7) is 3.72. The van der Waals surface area contributed by atoms with Crippen LogP contribution < -0.4 is 21.1 Å². The Labute approximate surface area is 197 Å². The topological polar surface area (TPSA) is 84.3 Å². The lowest BCUT2D eigenvalue weighted by Gasteiger charge is -2.40. The van der Waals surface area contributed by atoms with Crippen molar-refractivity contribution in [1.29, 1.82) is 0 Å². The average molecular weight is 469 g/mol. The number of halogens is 1. The minimum Gasteiger partial charge on any atom is -0.383 e. The lowest BCUT2D eigenvalue weighted by molar-refractivity contribution is 0.156. The summed E-state index contributed by atoms with van der Waals surface area (Å²) in [6.07, 6.45) is 5.16. The van der Waals surface area contributed by atoms with E-state index >= 15 is 0 Å². The second-order valence-electron chi connectivity index (χ2n) is 9.04. The molecule has 1 aliphatic heterocycles. The van der Waals surface area contributed by atoms with E-state index in [0.29, 0.717) is 35.4 Å². The van der Waals surface area contributed by atoms with Crippen LogP contribution in [0.2, 0.25) is 5.02 Å². The van der Waals surface area contributed by atoms with Crippen molar-refractivity contribution in [3.63, 3.8) is 0 Å². The van der Waals surface area contributed by atoms with Gasteiger partial charge in [-0.2, -0.15) is 4.98 Å². The van der Waals surface area contributed by atoms with Gasteiger partial charge in [-0.25, -0.2) is 4.98 Å². The molecule has 2 N–H and O–H groups in total. The molecule has 0 amide bonds. The van der Waals surface area contributed by atoms with E-state index in [1.165, 1.54) is 12.8 Å². The van der Waals surface area contributed by atoms with Gasteiger partial charge in [-0.05, 0) is 50.3 Å². The summed E-state index contributed by atoms with van der Waals surface area (Å²) in [5.41, 5.74) is 2.54. The van der Waals surface area contributed by atoms with Crippen molar-refractivity contribution < 1.29 is 4.74 Å². The van der Waals surface area contributed by atoms with E-state index in [1.54, 1.807) is 31.0 Å². The lowest BCUT2D eigenvalue weighted by atomic mass is 10.1. The summed E-state index contributed by atoms with van der Waals surface area (Å²) in [5, 5.41) is 8.33. The molecule has 2 fully saturated rings. The molecule has 1 aromatic carbocycles. The van der Waals surface area contributed by atoms with Crippen LogP contribution in [-0.4, -0.2) is 46.9 Å². The third-order valence-corrected chi connectivity index (χ3v) is 6.99. The zero-order valence-corrected chi connectivity index (χ0v) is 19.9. The molecule has 33 heavy (non-hydrogen) atoms. The molecule has 2 atom stereocenters. The van der Waals surface area contributed by atoms with Gasteiger partial charge in [0, 0.05) is 49.6 Å². The van der Waals surface area contributed by atoms with Crippen LogP contribution in [0.3, 0.4) is 0 Å². The van der Waals surface area contributed by atoms with Crippen LogP contribution in [0.25, 0.3) is 10.9 Å². The molecule has 8 nitrogen and oxygen atoms in total. The van der Waals surface area contributed by atoms with Crippen LogP contribution in [0.15, 0.2) is 35.3 Å². The molecule has 174 valence electrons. The first-order chi connectivity index (χ1) is 15.9. The molecule has 0 spiro atoms. The Morgan fingerprint density at radius 1 is 1.27 bits per heavy atom. The number of nitrogens with zero attached hydrogens (tertiary/aromatic N) is 4. The van der Waals surface area contributed by atoms with E-state index in [0.717, 1.165) is 35.2 Å². The fraction of sp³-hybridized carbons (Fsp3) is 0.458. The summed E-state index contributed by atoms with van der Waals surface area (Å²) >= 11 is 6.43. The number of fused-ring (bicyclic) bond motifs is 1. The first kappa shape index (κ1) is 22.0. The van der Waals surface area contributed by atoms with Crippen molar-refractivity contribution in [2.45, 2.75) is 38.3 Å². The Kier molecular flexibility index (Phi) is 5.88.